The molecule has 1 aliphatic rings. The number of amides is 10. The maximum absolute atomic E-state index is 13.2. The van der Waals surface area contributed by atoms with Gasteiger partial charge in [-0.25, -0.2) is 0 Å². The van der Waals surface area contributed by atoms with Crippen LogP contribution in [-0.4, -0.2) is 130 Å². The molecule has 10 amide bonds. The van der Waals surface area contributed by atoms with Gasteiger partial charge in [-0.2, -0.15) is 0 Å². The van der Waals surface area contributed by atoms with E-state index in [2.05, 4.69) is 42.5 Å². The van der Waals surface area contributed by atoms with E-state index in [9.17, 15) is 67.7 Å². The number of carboxylic acid groups (broad SMARTS) is 2. The first-order chi connectivity index (χ1) is 26.0. The summed E-state index contributed by atoms with van der Waals surface area (Å²) in [6.07, 6.45) is -3.83. The fourth-order valence-corrected chi connectivity index (χ4v) is 4.89. The van der Waals surface area contributed by atoms with Gasteiger partial charge in [0.1, 0.15) is 48.3 Å². The largest absolute Gasteiger partial charge is 0.481 e. The molecule has 0 aliphatic carbocycles. The first kappa shape index (κ1) is 47.7. The van der Waals surface area contributed by atoms with Crippen LogP contribution in [0.25, 0.3) is 0 Å². The molecule has 0 saturated carbocycles. The van der Waals surface area contributed by atoms with Crippen molar-refractivity contribution >= 4 is 71.0 Å². The molecule has 0 aromatic heterocycles. The Bertz CT molecular complexity index is 1330. The third-order valence-electron chi connectivity index (χ3n) is 8.19. The van der Waals surface area contributed by atoms with Gasteiger partial charge in [0.15, 0.2) is 0 Å². The lowest BCUT2D eigenvalue weighted by molar-refractivity contribution is -0.139. The first-order valence-electron chi connectivity index (χ1n) is 17.4. The van der Waals surface area contributed by atoms with Crippen LogP contribution >= 0.6 is 0 Å². The van der Waals surface area contributed by atoms with E-state index < -0.39 is 158 Å². The Morgan fingerprint density at radius 2 is 0.589 bits per heavy atom. The van der Waals surface area contributed by atoms with Crippen molar-refractivity contribution in [2.75, 3.05) is 0 Å². The molecular formula is C32H50N10O14. The van der Waals surface area contributed by atoms with Gasteiger partial charge < -0.3 is 64.2 Å². The van der Waals surface area contributed by atoms with Crippen LogP contribution in [0.2, 0.25) is 0 Å². The molecule has 0 radical (unpaired) electrons. The van der Waals surface area contributed by atoms with E-state index in [1.165, 1.54) is 27.7 Å². The zero-order valence-corrected chi connectivity index (χ0v) is 31.2. The summed E-state index contributed by atoms with van der Waals surface area (Å²) < 4.78 is 0. The van der Waals surface area contributed by atoms with Gasteiger partial charge in [0.2, 0.25) is 59.1 Å². The zero-order valence-electron chi connectivity index (χ0n) is 31.2. The minimum Gasteiger partial charge on any atom is -0.481 e. The van der Waals surface area contributed by atoms with Crippen molar-refractivity contribution in [3.63, 3.8) is 0 Å². The van der Waals surface area contributed by atoms with Gasteiger partial charge in [-0.3, -0.25) is 57.5 Å². The van der Waals surface area contributed by atoms with Crippen molar-refractivity contribution in [3.05, 3.63) is 0 Å². The molecular weight excluding hydrogens is 748 g/mol. The molecule has 312 valence electrons. The van der Waals surface area contributed by atoms with Gasteiger partial charge in [0.05, 0.1) is 0 Å². The van der Waals surface area contributed by atoms with Crippen LogP contribution in [0.4, 0.5) is 0 Å². The molecule has 8 unspecified atom stereocenters. The van der Waals surface area contributed by atoms with Crippen LogP contribution in [0.15, 0.2) is 0 Å². The number of carbonyl (C=O) groups is 12. The Balaban J connectivity index is 3.62. The molecule has 1 aliphatic heterocycles. The molecule has 0 aromatic carbocycles. The van der Waals surface area contributed by atoms with Crippen LogP contribution in [-0.2, 0) is 57.5 Å². The zero-order chi connectivity index (χ0) is 42.9. The van der Waals surface area contributed by atoms with Gasteiger partial charge in [0, 0.05) is 25.7 Å². The highest BCUT2D eigenvalue weighted by atomic mass is 16.4. The van der Waals surface area contributed by atoms with E-state index in [4.69, 9.17) is 11.5 Å². The quantitative estimate of drug-likeness (QED) is 0.0876. The molecule has 1 rings (SSSR count). The van der Waals surface area contributed by atoms with Gasteiger partial charge in [-0.15, -0.1) is 0 Å². The van der Waals surface area contributed by atoms with Crippen LogP contribution in [0.3, 0.4) is 0 Å². The minimum absolute atomic E-state index is 0.379. The summed E-state index contributed by atoms with van der Waals surface area (Å²) in [5.41, 5.74) is 10.4. The molecule has 1 saturated heterocycles. The number of primary amides is 2. The van der Waals surface area contributed by atoms with Crippen molar-refractivity contribution in [3.8, 4) is 0 Å². The maximum atomic E-state index is 13.2. The van der Waals surface area contributed by atoms with E-state index in [-0.39, 0.29) is 12.8 Å². The lowest BCUT2D eigenvalue weighted by atomic mass is 10.1. The van der Waals surface area contributed by atoms with Crippen molar-refractivity contribution in [2.24, 2.45) is 11.5 Å². The van der Waals surface area contributed by atoms with Gasteiger partial charge >= 0.3 is 11.9 Å². The Hall–Kier alpha value is -6.36. The number of hydrogen-bond donors (Lipinski definition) is 12. The van der Waals surface area contributed by atoms with Gasteiger partial charge in [-0.05, 0) is 53.4 Å². The predicted octanol–water partition coefficient (Wildman–Crippen LogP) is -5.78. The van der Waals surface area contributed by atoms with Crippen LogP contribution < -0.4 is 54.0 Å². The highest BCUT2D eigenvalue weighted by molar-refractivity contribution is 5.99. The second kappa shape index (κ2) is 22.8. The average molecular weight is 799 g/mol. The first-order valence-corrected chi connectivity index (χ1v) is 17.4. The predicted molar refractivity (Wildman–Crippen MR) is 189 cm³/mol. The Morgan fingerprint density at radius 3 is 0.768 bits per heavy atom. The summed E-state index contributed by atoms with van der Waals surface area (Å²) in [5.74, 6) is -12.5. The number of nitrogens with one attached hydrogen (secondary N) is 8. The van der Waals surface area contributed by atoms with E-state index in [0.29, 0.717) is 0 Å². The number of nitrogens with two attached hydrogens (primary N) is 2. The average Bonchev–Trinajstić information content (AvgIpc) is 3.10. The molecule has 0 bridgehead atoms. The summed E-state index contributed by atoms with van der Waals surface area (Å²) in [6.45, 7) is 4.72. The lowest BCUT2D eigenvalue weighted by Crippen LogP contribution is -2.60. The van der Waals surface area contributed by atoms with Gasteiger partial charge in [-0.1, -0.05) is 0 Å². The van der Waals surface area contributed by atoms with Crippen LogP contribution in [0.5, 0.6) is 0 Å². The van der Waals surface area contributed by atoms with Crippen molar-refractivity contribution in [2.45, 2.75) is 127 Å². The highest BCUT2D eigenvalue weighted by Gasteiger charge is 2.33. The monoisotopic (exact) mass is 798 g/mol. The summed E-state index contributed by atoms with van der Waals surface area (Å²) >= 11 is 0. The Labute approximate surface area is 320 Å². The smallest absolute Gasteiger partial charge is 0.303 e. The standard InChI is InChI=1S/C32H50N10O14/c1-13-25(49)39-17(5-9-21(33)43)29(53)35-16(4)28(52)42-20(8-12-24(47)48)32(56)38-14(2)26(50)40-18(6-10-22(34)44)30(54)36-15(3)27(51)41-19(31(55)37-13)7-11-23(45)46/h13-20H,5-12H2,1-4H3,(H2,33,43)(H2,34,44)(H,35,53)(H,36,54)(H,37,55)(H,38,56)(H,39,49)(H,40,50)(H,41,51)(H,42,52)(H,45,46)(H,47,48). The summed E-state index contributed by atoms with van der Waals surface area (Å²) in [4.78, 5) is 151. The molecule has 0 aromatic rings. The number of hydrogen-bond acceptors (Lipinski definition) is 12. The molecule has 1 heterocycles. The van der Waals surface area contributed by atoms with Crippen molar-refractivity contribution < 1.29 is 67.7 Å². The minimum atomic E-state index is -1.58. The third kappa shape index (κ3) is 17.2. The number of rotatable bonds is 12. The second-order valence-corrected chi connectivity index (χ2v) is 13.0. The summed E-state index contributed by atoms with van der Waals surface area (Å²) in [5, 5.41) is 36.8. The fraction of sp³-hybridized carbons (Fsp3) is 0.625. The molecule has 8 atom stereocenters. The SMILES string of the molecule is CC1NC(=O)C(CCC(N)=O)NC(=O)C(C)NC(=O)C(CCC(=O)O)NC(=O)C(C)NC(=O)C(CCC(N)=O)NC(=O)C(C)NC(=O)C(CCC(=O)O)NC1=O. The van der Waals surface area contributed by atoms with Crippen LogP contribution in [0, 0.1) is 0 Å². The van der Waals surface area contributed by atoms with Gasteiger partial charge in [0.25, 0.3) is 0 Å². The number of carbonyl (C=O) groups excluding carboxylic acids is 10. The molecule has 0 spiro atoms. The van der Waals surface area contributed by atoms with Crippen molar-refractivity contribution in [1.29, 1.82) is 0 Å². The van der Waals surface area contributed by atoms with E-state index in [0.717, 1.165) is 0 Å². The molecule has 24 heteroatoms. The third-order valence-corrected chi connectivity index (χ3v) is 8.19. The molecule has 56 heavy (non-hydrogen) atoms. The number of aliphatic carboxylic acids is 2. The van der Waals surface area contributed by atoms with Crippen molar-refractivity contribution in [1.82, 2.24) is 42.5 Å². The van der Waals surface area contributed by atoms with E-state index in [1.54, 1.807) is 0 Å². The maximum Gasteiger partial charge on any atom is 0.303 e. The summed E-state index contributed by atoms with van der Waals surface area (Å²) in [6, 6.07) is -12.0. The Morgan fingerprint density at radius 1 is 0.393 bits per heavy atom. The highest BCUT2D eigenvalue weighted by Crippen LogP contribution is 2.06. The summed E-state index contributed by atoms with van der Waals surface area (Å²) in [7, 11) is 0. The second-order valence-electron chi connectivity index (χ2n) is 13.0. The fourth-order valence-electron chi connectivity index (χ4n) is 4.89. The molecule has 24 nitrogen and oxygen atoms in total. The Kier molecular flexibility index (Phi) is 19.4. The van der Waals surface area contributed by atoms with Crippen LogP contribution in [0.1, 0.15) is 79.1 Å². The topological polar surface area (TPSA) is 394 Å². The lowest BCUT2D eigenvalue weighted by Gasteiger charge is -2.27. The van der Waals surface area contributed by atoms with E-state index in [1.807, 2.05) is 0 Å². The normalized spacial score (nSPS) is 26.6. The molecule has 1 fully saturated rings. The number of carboxylic acids is 2. The van der Waals surface area contributed by atoms with E-state index >= 15 is 0 Å². The molecule has 14 N–H and O–H groups in total.